The zero-order valence-electron chi connectivity index (χ0n) is 41.5. The minimum Gasteiger partial charge on any atom is -0.472 e. The second kappa shape index (κ2) is 33.3. The fraction of sp³-hybridized carbons (Fsp3) is 0.244. The Bertz CT molecular complexity index is 2870. The Balaban J connectivity index is 0.000000449. The normalized spacial score (nSPS) is 9.61. The van der Waals surface area contributed by atoms with E-state index < -0.39 is 0 Å². The van der Waals surface area contributed by atoms with Gasteiger partial charge in [0, 0.05) is 216 Å². The number of rotatable bonds is 6. The topological polar surface area (TPSA) is 286 Å². The Kier molecular flexibility index (Phi) is 29.8. The van der Waals surface area contributed by atoms with Crippen molar-refractivity contribution in [1.82, 2.24) is 138 Å². The van der Waals surface area contributed by atoms with Crippen LogP contribution in [0.15, 0.2) is 91.4 Å². The first-order chi connectivity index (χ1) is 33.7. The fourth-order valence-corrected chi connectivity index (χ4v) is 5.39. The summed E-state index contributed by atoms with van der Waals surface area (Å²) < 4.78 is 21.4. The maximum absolute atomic E-state index is 4.80. The summed E-state index contributed by atoms with van der Waals surface area (Å²) >= 11 is 0. The van der Waals surface area contributed by atoms with E-state index in [0.29, 0.717) is 40.2 Å². The van der Waals surface area contributed by atoms with E-state index in [4.69, 9.17) is 4.42 Å². The summed E-state index contributed by atoms with van der Waals surface area (Å²) in [7, 11) is 18.3. The zero-order valence-corrected chi connectivity index (χ0v) is 55.9. The van der Waals surface area contributed by atoms with Crippen LogP contribution in [0.3, 0.4) is 0 Å². The average Bonchev–Trinajstić information content (AvgIpc) is 4.13. The maximum atomic E-state index is 4.80. The molecule has 0 bridgehead atoms. The molecule has 76 heavy (non-hydrogen) atoms. The predicted octanol–water partition coefficient (Wildman–Crippen LogP) is 0.724. The molecule has 0 amide bonds. The van der Waals surface area contributed by atoms with Gasteiger partial charge in [0.1, 0.15) is 0 Å². The SMILES string of the molecule is Cn1c[c-]c(-c2ccn(C)n2)n1.Cn1c[c-]c(-c2cocn2)n1.Cn1c[c-]c(-c2ncn(C)n2)n1.Cn1c[c-]c(-c2nnn(C)n2)n1.Cn1c[c-]c(-n2ccnn2)n1.Cn1cc(-c2[c-]cn(C)n2)nn1.[Ir].[Ir].[Ir].[Ir].[Ir].[Ir]. The Labute approximate surface area is 515 Å². The number of aryl methyl sites for hydroxylation is 10. The fourth-order valence-electron chi connectivity index (χ4n) is 5.39. The standard InChI is InChI=1S/C8H9N4.2C7H8N5.C7H6N3O.C6H7N6.C6H6N5.6Ir/c1-11-5-3-7(9-11)8-4-6-12(2)10-8;1-11-4-3-6(9-11)7-8-5-12(2)10-7;1-11-4-3-6(9-11)7-5-12(2)10-8-7;1-10-3-2-6(9-10)7-4-11-5-8-7;1-11-4-3-5(8-11)6-7-10-12(2)9-6;1-10-4-2-6(8-10)11-5-3-7-9-11;;;;;;/h3,5-6H,1-2H3;2*4-5H,1-2H3;3-5H,1H3;4H,1-2H3;3-5H,1H3;;;;;;/q6*-1;;;;;;. The van der Waals surface area contributed by atoms with E-state index in [9.17, 15) is 0 Å². The van der Waals surface area contributed by atoms with E-state index in [1.165, 1.54) is 11.2 Å². The van der Waals surface area contributed by atoms with E-state index in [0.717, 1.165) is 22.8 Å². The number of nitrogens with zero attached hydrogens (tertiary/aromatic N) is 28. The van der Waals surface area contributed by atoms with Crippen LogP contribution in [-0.2, 0) is 191 Å². The van der Waals surface area contributed by atoms with Crippen LogP contribution in [0.4, 0.5) is 0 Å². The summed E-state index contributed by atoms with van der Waals surface area (Å²) in [6.45, 7) is 0. The largest absolute Gasteiger partial charge is 0.472 e. The molecule has 0 N–H and O–H groups in total. The van der Waals surface area contributed by atoms with Crippen molar-refractivity contribution in [2.75, 3.05) is 0 Å². The predicted molar refractivity (Wildman–Crippen MR) is 243 cm³/mol. The Morgan fingerprint density at radius 1 is 0.408 bits per heavy atom. The van der Waals surface area contributed by atoms with Gasteiger partial charge in [-0.25, -0.2) is 68.8 Å². The van der Waals surface area contributed by atoms with Gasteiger partial charge in [-0.1, -0.05) is 69.8 Å². The molecule has 6 radical (unpaired) electrons. The van der Waals surface area contributed by atoms with Gasteiger partial charge in [0.25, 0.3) is 0 Å². The van der Waals surface area contributed by atoms with Crippen LogP contribution in [0.5, 0.6) is 0 Å². The molecule has 0 atom stereocenters. The average molecular weight is 2100 g/mol. The van der Waals surface area contributed by atoms with Gasteiger partial charge in [0.05, 0.1) is 18.3 Å². The molecule has 0 aliphatic heterocycles. The molecular weight excluding hydrogens is 2050 g/mol. The summed E-state index contributed by atoms with van der Waals surface area (Å²) in [5.74, 6) is 1.77. The van der Waals surface area contributed by atoms with E-state index in [1.807, 2.05) is 75.7 Å². The Morgan fingerprint density at radius 2 is 0.921 bits per heavy atom. The number of oxazole rings is 1. The van der Waals surface area contributed by atoms with Crippen molar-refractivity contribution < 1.29 is 125 Å². The van der Waals surface area contributed by atoms with Crippen molar-refractivity contribution in [3.05, 3.63) is 123 Å². The van der Waals surface area contributed by atoms with E-state index in [-0.39, 0.29) is 121 Å². The molecular formula is C41H44Ir6N28O-6. The zero-order chi connectivity index (χ0) is 49.6. The molecule has 35 heteroatoms. The minimum absolute atomic E-state index is 0. The molecule has 0 aliphatic carbocycles. The van der Waals surface area contributed by atoms with Crippen molar-refractivity contribution in [2.45, 2.75) is 0 Å². The van der Waals surface area contributed by atoms with Crippen LogP contribution >= 0.6 is 0 Å². The first-order valence-corrected chi connectivity index (χ1v) is 20.4. The number of hydrogen-bond acceptors (Lipinski definition) is 18. The molecule has 0 saturated heterocycles. The molecule has 0 spiro atoms. The quantitative estimate of drug-likeness (QED) is 0.207. The van der Waals surface area contributed by atoms with Crippen LogP contribution in [0, 0.1) is 36.4 Å². The van der Waals surface area contributed by atoms with Gasteiger partial charge in [0.15, 0.2) is 6.39 Å². The van der Waals surface area contributed by atoms with Gasteiger partial charge >= 0.3 is 0 Å². The van der Waals surface area contributed by atoms with Gasteiger partial charge in [-0.05, 0) is 40.5 Å². The number of tetrazole rings is 1. The van der Waals surface area contributed by atoms with Crippen LogP contribution in [-0.4, -0.2) is 138 Å². The summed E-state index contributed by atoms with van der Waals surface area (Å²) in [6.07, 6.45) is 22.0. The van der Waals surface area contributed by atoms with Crippen molar-refractivity contribution in [1.29, 1.82) is 0 Å². The molecule has 0 aromatic carbocycles. The second-order valence-electron chi connectivity index (χ2n) is 14.5. The van der Waals surface area contributed by atoms with Gasteiger partial charge < -0.3 is 25.1 Å². The van der Waals surface area contributed by atoms with Crippen LogP contribution < -0.4 is 0 Å². The Morgan fingerprint density at radius 3 is 1.30 bits per heavy atom. The van der Waals surface area contributed by atoms with Crippen LogP contribution in [0.2, 0.25) is 0 Å². The first kappa shape index (κ1) is 68.1. The van der Waals surface area contributed by atoms with Gasteiger partial charge in [-0.2, -0.15) is 28.2 Å². The van der Waals surface area contributed by atoms with Crippen LogP contribution in [0.25, 0.3) is 63.0 Å². The summed E-state index contributed by atoms with van der Waals surface area (Å²) in [5, 5.41) is 59.6. The molecule has 12 rings (SSSR count). The monoisotopic (exact) mass is 2100 g/mol. The number of aromatic nitrogens is 28. The third kappa shape index (κ3) is 20.5. The smallest absolute Gasteiger partial charge is 0.160 e. The molecule has 12 aromatic heterocycles. The summed E-state index contributed by atoms with van der Waals surface area (Å²) in [5.41, 5.74) is 5.84. The molecule has 12 heterocycles. The second-order valence-corrected chi connectivity index (χ2v) is 14.5. The van der Waals surface area contributed by atoms with Gasteiger partial charge in [0.2, 0.25) is 0 Å². The maximum Gasteiger partial charge on any atom is 0.160 e. The van der Waals surface area contributed by atoms with Crippen LogP contribution in [0.1, 0.15) is 0 Å². The van der Waals surface area contributed by atoms with Crippen molar-refractivity contribution in [3.63, 3.8) is 0 Å². The van der Waals surface area contributed by atoms with Crippen molar-refractivity contribution in [3.8, 4) is 63.0 Å². The molecule has 0 unspecified atom stereocenters. The molecule has 0 aliphatic rings. The third-order valence-corrected chi connectivity index (χ3v) is 8.51. The molecule has 0 saturated carbocycles. The summed E-state index contributed by atoms with van der Waals surface area (Å²) in [6, 6.07) is 19.6. The Hall–Kier alpha value is -5.93. The third-order valence-electron chi connectivity index (χ3n) is 8.51. The van der Waals surface area contributed by atoms with Gasteiger partial charge in [-0.15, -0.1) is 5.10 Å². The minimum atomic E-state index is 0. The van der Waals surface area contributed by atoms with E-state index >= 15 is 0 Å². The molecule has 0 fully saturated rings. The molecule has 12 aromatic rings. The van der Waals surface area contributed by atoms with Gasteiger partial charge in [-0.3, -0.25) is 42.6 Å². The molecule has 29 nitrogen and oxygen atoms in total. The first-order valence-electron chi connectivity index (χ1n) is 20.4. The van der Waals surface area contributed by atoms with E-state index in [2.05, 4.69) is 123 Å². The molecule has 414 valence electrons. The number of hydrogen-bond donors (Lipinski definition) is 0. The summed E-state index contributed by atoms with van der Waals surface area (Å²) in [4.78, 5) is 9.36. The van der Waals surface area contributed by atoms with E-state index in [1.54, 1.807) is 122 Å². The van der Waals surface area contributed by atoms with Crippen molar-refractivity contribution >= 4 is 0 Å². The van der Waals surface area contributed by atoms with Crippen molar-refractivity contribution in [2.24, 2.45) is 70.5 Å².